The maximum Gasteiger partial charge on any atom is 0.250 e. The SMILES string of the molecule is COc1cccc(/C=C/c2nc(C3(N)CCC3)no2)c1. The lowest BCUT2D eigenvalue weighted by atomic mass is 9.77. The first-order valence-electron chi connectivity index (χ1n) is 6.65. The van der Waals surface area contributed by atoms with Crippen LogP contribution in [0.5, 0.6) is 5.75 Å². The fourth-order valence-electron chi connectivity index (χ4n) is 2.20. The van der Waals surface area contributed by atoms with Crippen LogP contribution in [0.3, 0.4) is 0 Å². The third kappa shape index (κ3) is 2.44. The van der Waals surface area contributed by atoms with Crippen LogP contribution in [0.2, 0.25) is 0 Å². The van der Waals surface area contributed by atoms with Gasteiger partial charge >= 0.3 is 0 Å². The zero-order valence-electron chi connectivity index (χ0n) is 11.4. The van der Waals surface area contributed by atoms with Crippen molar-refractivity contribution in [2.24, 2.45) is 5.73 Å². The molecule has 0 unspecified atom stereocenters. The van der Waals surface area contributed by atoms with Gasteiger partial charge in [0.1, 0.15) is 5.75 Å². The highest BCUT2D eigenvalue weighted by molar-refractivity contribution is 5.66. The van der Waals surface area contributed by atoms with Gasteiger partial charge < -0.3 is 15.0 Å². The molecule has 2 aromatic rings. The van der Waals surface area contributed by atoms with E-state index in [2.05, 4.69) is 10.1 Å². The van der Waals surface area contributed by atoms with Gasteiger partial charge in [0, 0.05) is 6.08 Å². The van der Waals surface area contributed by atoms with Crippen LogP contribution in [0.25, 0.3) is 12.2 Å². The van der Waals surface area contributed by atoms with Gasteiger partial charge in [-0.1, -0.05) is 17.3 Å². The molecule has 0 aliphatic heterocycles. The molecule has 0 bridgehead atoms. The summed E-state index contributed by atoms with van der Waals surface area (Å²) < 4.78 is 10.4. The monoisotopic (exact) mass is 271 g/mol. The molecule has 3 rings (SSSR count). The summed E-state index contributed by atoms with van der Waals surface area (Å²) in [5, 5.41) is 3.97. The molecule has 20 heavy (non-hydrogen) atoms. The summed E-state index contributed by atoms with van der Waals surface area (Å²) >= 11 is 0. The Labute approximate surface area is 117 Å². The normalized spacial score (nSPS) is 17.1. The summed E-state index contributed by atoms with van der Waals surface area (Å²) in [4.78, 5) is 4.34. The lowest BCUT2D eigenvalue weighted by Crippen LogP contribution is -2.44. The number of nitrogens with two attached hydrogens (primary N) is 1. The average Bonchev–Trinajstić information content (AvgIpc) is 2.92. The van der Waals surface area contributed by atoms with Gasteiger partial charge in [-0.05, 0) is 43.0 Å². The summed E-state index contributed by atoms with van der Waals surface area (Å²) in [5.74, 6) is 1.89. The molecular weight excluding hydrogens is 254 g/mol. The van der Waals surface area contributed by atoms with Crippen LogP contribution in [-0.2, 0) is 5.54 Å². The van der Waals surface area contributed by atoms with E-state index < -0.39 is 0 Å². The smallest absolute Gasteiger partial charge is 0.250 e. The maximum absolute atomic E-state index is 6.16. The first-order chi connectivity index (χ1) is 9.69. The lowest BCUT2D eigenvalue weighted by Gasteiger charge is -2.34. The van der Waals surface area contributed by atoms with Gasteiger partial charge in [0.15, 0.2) is 5.82 Å². The summed E-state index contributed by atoms with van der Waals surface area (Å²) in [7, 11) is 1.65. The van der Waals surface area contributed by atoms with Gasteiger partial charge in [-0.25, -0.2) is 0 Å². The third-order valence-electron chi connectivity index (χ3n) is 3.65. The van der Waals surface area contributed by atoms with E-state index in [4.69, 9.17) is 15.0 Å². The van der Waals surface area contributed by atoms with Crippen molar-refractivity contribution in [1.82, 2.24) is 10.1 Å². The van der Waals surface area contributed by atoms with Crippen LogP contribution in [-0.4, -0.2) is 17.3 Å². The molecule has 1 aliphatic carbocycles. The van der Waals surface area contributed by atoms with Crippen LogP contribution < -0.4 is 10.5 Å². The molecule has 0 spiro atoms. The number of aromatic nitrogens is 2. The predicted molar refractivity (Wildman–Crippen MR) is 75.9 cm³/mol. The first-order valence-corrected chi connectivity index (χ1v) is 6.65. The summed E-state index contributed by atoms with van der Waals surface area (Å²) in [6.45, 7) is 0. The van der Waals surface area contributed by atoms with Gasteiger partial charge in [0.25, 0.3) is 5.89 Å². The van der Waals surface area contributed by atoms with Crippen LogP contribution in [0, 0.1) is 0 Å². The molecule has 0 atom stereocenters. The van der Waals surface area contributed by atoms with E-state index in [1.807, 2.05) is 30.3 Å². The summed E-state index contributed by atoms with van der Waals surface area (Å²) in [6.07, 6.45) is 6.66. The van der Waals surface area contributed by atoms with Crippen LogP contribution in [0.4, 0.5) is 0 Å². The standard InChI is InChI=1S/C15H17N3O2/c1-19-12-5-2-4-11(10-12)6-7-13-17-14(18-20-13)15(16)8-3-9-15/h2,4-7,10H,3,8-9,16H2,1H3/b7-6+. The van der Waals surface area contributed by atoms with E-state index in [9.17, 15) is 0 Å². The maximum atomic E-state index is 6.16. The number of rotatable bonds is 4. The summed E-state index contributed by atoms with van der Waals surface area (Å²) in [5.41, 5.74) is 6.78. The largest absolute Gasteiger partial charge is 0.497 e. The highest BCUT2D eigenvalue weighted by atomic mass is 16.5. The number of hydrogen-bond donors (Lipinski definition) is 1. The quantitative estimate of drug-likeness (QED) is 0.925. The van der Waals surface area contributed by atoms with Gasteiger partial charge in [0.05, 0.1) is 12.6 Å². The molecule has 5 nitrogen and oxygen atoms in total. The molecule has 1 aromatic carbocycles. The Morgan fingerprint density at radius 3 is 2.90 bits per heavy atom. The molecule has 1 aromatic heterocycles. The van der Waals surface area contributed by atoms with E-state index >= 15 is 0 Å². The molecular formula is C15H17N3O2. The molecule has 0 amide bonds. The molecule has 2 N–H and O–H groups in total. The Hall–Kier alpha value is -2.14. The highest BCUT2D eigenvalue weighted by Crippen LogP contribution is 2.36. The van der Waals surface area contributed by atoms with Crippen molar-refractivity contribution in [3.63, 3.8) is 0 Å². The second kappa shape index (κ2) is 5.09. The van der Waals surface area contributed by atoms with Gasteiger partial charge in [-0.15, -0.1) is 0 Å². The number of hydrogen-bond acceptors (Lipinski definition) is 5. The van der Waals surface area contributed by atoms with Crippen LogP contribution >= 0.6 is 0 Å². The molecule has 1 saturated carbocycles. The highest BCUT2D eigenvalue weighted by Gasteiger charge is 2.38. The number of ether oxygens (including phenoxy) is 1. The van der Waals surface area contributed by atoms with Crippen molar-refractivity contribution >= 4 is 12.2 Å². The minimum atomic E-state index is -0.383. The third-order valence-corrected chi connectivity index (χ3v) is 3.65. The Morgan fingerprint density at radius 2 is 2.20 bits per heavy atom. The van der Waals surface area contributed by atoms with Crippen LogP contribution in [0.15, 0.2) is 28.8 Å². The molecule has 0 radical (unpaired) electrons. The van der Waals surface area contributed by atoms with Gasteiger partial charge in [-0.3, -0.25) is 0 Å². The van der Waals surface area contributed by atoms with Crippen molar-refractivity contribution < 1.29 is 9.26 Å². The second-order valence-electron chi connectivity index (χ2n) is 5.08. The van der Waals surface area contributed by atoms with E-state index in [1.165, 1.54) is 0 Å². The zero-order chi connectivity index (χ0) is 14.0. The van der Waals surface area contributed by atoms with Crippen molar-refractivity contribution in [2.45, 2.75) is 24.8 Å². The number of methoxy groups -OCH3 is 1. The minimum absolute atomic E-state index is 0.383. The van der Waals surface area contributed by atoms with Crippen molar-refractivity contribution in [1.29, 1.82) is 0 Å². The Bertz CT molecular complexity index is 630. The Kier molecular flexibility index (Phi) is 3.28. The van der Waals surface area contributed by atoms with E-state index in [1.54, 1.807) is 13.2 Å². The van der Waals surface area contributed by atoms with Crippen molar-refractivity contribution in [3.8, 4) is 5.75 Å². The molecule has 5 heteroatoms. The van der Waals surface area contributed by atoms with Crippen molar-refractivity contribution in [3.05, 3.63) is 41.5 Å². The Morgan fingerprint density at radius 1 is 1.35 bits per heavy atom. The fraction of sp³-hybridized carbons (Fsp3) is 0.333. The predicted octanol–water partition coefficient (Wildman–Crippen LogP) is 2.59. The molecule has 1 fully saturated rings. The number of benzene rings is 1. The van der Waals surface area contributed by atoms with Crippen molar-refractivity contribution in [2.75, 3.05) is 7.11 Å². The van der Waals surface area contributed by atoms with Gasteiger partial charge in [0.2, 0.25) is 0 Å². The van der Waals surface area contributed by atoms with Gasteiger partial charge in [-0.2, -0.15) is 4.98 Å². The Balaban J connectivity index is 1.75. The summed E-state index contributed by atoms with van der Waals surface area (Å²) in [6, 6.07) is 7.74. The topological polar surface area (TPSA) is 74.2 Å². The number of nitrogens with zero attached hydrogens (tertiary/aromatic N) is 2. The molecule has 1 aliphatic rings. The molecule has 0 saturated heterocycles. The lowest BCUT2D eigenvalue weighted by molar-refractivity contribution is 0.229. The molecule has 104 valence electrons. The molecule has 1 heterocycles. The zero-order valence-corrected chi connectivity index (χ0v) is 11.4. The van der Waals surface area contributed by atoms with E-state index in [0.717, 1.165) is 30.6 Å². The minimum Gasteiger partial charge on any atom is -0.497 e. The second-order valence-corrected chi connectivity index (χ2v) is 5.08. The fourth-order valence-corrected chi connectivity index (χ4v) is 2.20. The average molecular weight is 271 g/mol. The van der Waals surface area contributed by atoms with E-state index in [-0.39, 0.29) is 5.54 Å². The van der Waals surface area contributed by atoms with E-state index in [0.29, 0.717) is 11.7 Å². The first kappa shape index (κ1) is 12.9. The van der Waals surface area contributed by atoms with Crippen LogP contribution in [0.1, 0.15) is 36.5 Å².